The summed E-state index contributed by atoms with van der Waals surface area (Å²) in [5, 5.41) is 0.608. The van der Waals surface area contributed by atoms with Crippen molar-refractivity contribution in [3.63, 3.8) is 0 Å². The Morgan fingerprint density at radius 3 is 2.08 bits per heavy atom. The molecule has 2 heterocycles. The minimum Gasteiger partial charge on any atom is -0.495 e. The number of methoxy groups -OCH3 is 2. The molecule has 0 atom stereocenters. The van der Waals surface area contributed by atoms with Crippen LogP contribution in [0.5, 0.6) is 23.0 Å². The molecule has 1 aliphatic heterocycles. The largest absolute Gasteiger partial charge is 0.495 e. The summed E-state index contributed by atoms with van der Waals surface area (Å²) in [7, 11) is 7.23. The van der Waals surface area contributed by atoms with Gasteiger partial charge in [-0.1, -0.05) is 47.7 Å². The van der Waals surface area contributed by atoms with Crippen molar-refractivity contribution in [3.05, 3.63) is 71.8 Å². The molecule has 5 rings (SSSR count). The number of thiazole rings is 1. The number of amides is 1. The quantitative estimate of drug-likeness (QED) is 0.314. The summed E-state index contributed by atoms with van der Waals surface area (Å²) in [6.07, 6.45) is 0. The molecule has 0 N–H and O–H groups in total. The Hall–Kier alpha value is -3.33. The molecule has 1 aliphatic rings. The second kappa shape index (κ2) is 10.7. The monoisotopic (exact) mass is 525 g/mol. The van der Waals surface area contributed by atoms with Gasteiger partial charge in [-0.25, -0.2) is 4.98 Å². The van der Waals surface area contributed by atoms with Crippen LogP contribution in [0.15, 0.2) is 60.7 Å². The molecular weight excluding hydrogens is 498 g/mol. The second-order valence-electron chi connectivity index (χ2n) is 8.55. The van der Waals surface area contributed by atoms with E-state index in [1.165, 1.54) is 11.3 Å². The third-order valence-electron chi connectivity index (χ3n) is 6.09. The fraction of sp³-hybridized carbons (Fsp3) is 0.259. The topological polar surface area (TPSA) is 64.1 Å². The zero-order valence-corrected chi connectivity index (χ0v) is 22.2. The standard InChI is InChI=1S/C27H27N3O4S.ClH/c1-29(2)15-16-30(27-28-24-21(32-3)13-14-22(33-4)25(24)35-27)26(31)23-17-9-5-7-11-19(17)34-20-12-8-6-10-18(20)23;/h5-14,23H,15-16H2,1-4H3;1H. The van der Waals surface area contributed by atoms with Crippen LogP contribution >= 0.6 is 23.7 Å². The Morgan fingerprint density at radius 1 is 0.917 bits per heavy atom. The average Bonchev–Trinajstić information content (AvgIpc) is 3.31. The lowest BCUT2D eigenvalue weighted by Crippen LogP contribution is -2.40. The molecule has 0 aliphatic carbocycles. The van der Waals surface area contributed by atoms with Gasteiger partial charge in [-0.2, -0.15) is 0 Å². The maximum atomic E-state index is 14.4. The van der Waals surface area contributed by atoms with Crippen LogP contribution in [0.25, 0.3) is 10.2 Å². The molecule has 7 nitrogen and oxygen atoms in total. The highest BCUT2D eigenvalue weighted by Gasteiger charge is 2.36. The van der Waals surface area contributed by atoms with Crippen LogP contribution in [-0.4, -0.2) is 57.2 Å². The smallest absolute Gasteiger partial charge is 0.241 e. The summed E-state index contributed by atoms with van der Waals surface area (Å²) < 4.78 is 18.1. The van der Waals surface area contributed by atoms with E-state index in [2.05, 4.69) is 4.90 Å². The van der Waals surface area contributed by atoms with Gasteiger partial charge in [0.15, 0.2) is 5.13 Å². The van der Waals surface area contributed by atoms with Crippen LogP contribution in [-0.2, 0) is 4.79 Å². The van der Waals surface area contributed by atoms with E-state index in [-0.39, 0.29) is 18.3 Å². The number of halogens is 1. The molecule has 4 aromatic rings. The number of likely N-dealkylation sites (N-methyl/N-ethyl adjacent to an activating group) is 1. The number of benzene rings is 3. The molecule has 0 spiro atoms. The first-order chi connectivity index (χ1) is 17.0. The zero-order valence-electron chi connectivity index (χ0n) is 20.6. The summed E-state index contributed by atoms with van der Waals surface area (Å²) in [5.74, 6) is 2.19. The van der Waals surface area contributed by atoms with Crippen LogP contribution in [0, 0.1) is 0 Å². The highest BCUT2D eigenvalue weighted by molar-refractivity contribution is 7.22. The molecular formula is C27H28ClN3O4S. The molecule has 1 amide bonds. The number of fused-ring (bicyclic) bond motifs is 3. The van der Waals surface area contributed by atoms with E-state index in [0.717, 1.165) is 15.8 Å². The van der Waals surface area contributed by atoms with Crippen LogP contribution in [0.4, 0.5) is 5.13 Å². The SMILES string of the molecule is COc1ccc(OC)c2sc(N(CCN(C)C)C(=O)C3c4ccccc4Oc4ccccc43)nc12.Cl. The van der Waals surface area contributed by atoms with Crippen molar-refractivity contribution in [2.24, 2.45) is 0 Å². The van der Waals surface area contributed by atoms with Crippen LogP contribution in [0.2, 0.25) is 0 Å². The number of carbonyl (C=O) groups is 1. The van der Waals surface area contributed by atoms with Crippen molar-refractivity contribution in [3.8, 4) is 23.0 Å². The van der Waals surface area contributed by atoms with Crippen LogP contribution in [0.3, 0.4) is 0 Å². The molecule has 0 bridgehead atoms. The maximum absolute atomic E-state index is 14.4. The molecule has 0 fully saturated rings. The zero-order chi connectivity index (χ0) is 24.5. The van der Waals surface area contributed by atoms with Gasteiger partial charge in [-0.3, -0.25) is 9.69 Å². The van der Waals surface area contributed by atoms with Gasteiger partial charge < -0.3 is 19.1 Å². The number of aromatic nitrogens is 1. The van der Waals surface area contributed by atoms with Crippen molar-refractivity contribution in [2.45, 2.75) is 5.92 Å². The number of rotatable bonds is 7. The summed E-state index contributed by atoms with van der Waals surface area (Å²) in [6.45, 7) is 1.17. The van der Waals surface area contributed by atoms with Crippen molar-refractivity contribution in [2.75, 3.05) is 46.3 Å². The number of hydrogen-bond acceptors (Lipinski definition) is 7. The molecule has 3 aromatic carbocycles. The van der Waals surface area contributed by atoms with Gasteiger partial charge >= 0.3 is 0 Å². The highest BCUT2D eigenvalue weighted by atomic mass is 35.5. The van der Waals surface area contributed by atoms with Crippen molar-refractivity contribution in [1.29, 1.82) is 0 Å². The normalized spacial score (nSPS) is 12.4. The minimum absolute atomic E-state index is 0. The van der Waals surface area contributed by atoms with E-state index in [4.69, 9.17) is 19.2 Å². The van der Waals surface area contributed by atoms with Crippen LogP contribution < -0.4 is 19.1 Å². The fourth-order valence-corrected chi connectivity index (χ4v) is 5.43. The van der Waals surface area contributed by atoms with E-state index in [0.29, 0.717) is 46.7 Å². The number of hydrogen-bond donors (Lipinski definition) is 0. The summed E-state index contributed by atoms with van der Waals surface area (Å²) in [5.41, 5.74) is 2.38. The van der Waals surface area contributed by atoms with Gasteiger partial charge in [0.1, 0.15) is 33.2 Å². The van der Waals surface area contributed by atoms with Gasteiger partial charge in [0, 0.05) is 24.2 Å². The molecule has 0 saturated carbocycles. The van der Waals surface area contributed by atoms with Gasteiger partial charge in [0.25, 0.3) is 0 Å². The Bertz CT molecular complexity index is 1300. The van der Waals surface area contributed by atoms with Gasteiger partial charge in [0.2, 0.25) is 5.91 Å². The first-order valence-corrected chi connectivity index (χ1v) is 12.2. The number of nitrogens with zero attached hydrogens (tertiary/aromatic N) is 3. The lowest BCUT2D eigenvalue weighted by Gasteiger charge is -2.31. The van der Waals surface area contributed by atoms with E-state index in [1.54, 1.807) is 19.1 Å². The Balaban J connectivity index is 0.00000304. The first-order valence-electron chi connectivity index (χ1n) is 11.3. The molecule has 0 saturated heterocycles. The molecule has 1 aromatic heterocycles. The number of ether oxygens (including phenoxy) is 3. The molecule has 0 unspecified atom stereocenters. The van der Waals surface area contributed by atoms with Crippen molar-refractivity contribution < 1.29 is 19.0 Å². The van der Waals surface area contributed by atoms with Gasteiger partial charge in [-0.05, 0) is 38.4 Å². The Kier molecular flexibility index (Phi) is 7.68. The predicted octanol–water partition coefficient (Wildman–Crippen LogP) is 5.57. The second-order valence-corrected chi connectivity index (χ2v) is 9.53. The maximum Gasteiger partial charge on any atom is 0.241 e. The Labute approximate surface area is 220 Å². The molecule has 9 heteroatoms. The van der Waals surface area contributed by atoms with Gasteiger partial charge in [0.05, 0.1) is 20.1 Å². The highest BCUT2D eigenvalue weighted by Crippen LogP contribution is 2.46. The van der Waals surface area contributed by atoms with E-state index in [9.17, 15) is 4.79 Å². The van der Waals surface area contributed by atoms with E-state index >= 15 is 0 Å². The lowest BCUT2D eigenvalue weighted by atomic mass is 9.87. The van der Waals surface area contributed by atoms with Crippen LogP contribution in [0.1, 0.15) is 17.0 Å². The summed E-state index contributed by atoms with van der Waals surface area (Å²) >= 11 is 1.43. The van der Waals surface area contributed by atoms with Gasteiger partial charge in [-0.15, -0.1) is 12.4 Å². The molecule has 188 valence electrons. The summed E-state index contributed by atoms with van der Waals surface area (Å²) in [6, 6.07) is 19.1. The molecule has 36 heavy (non-hydrogen) atoms. The molecule has 0 radical (unpaired) electrons. The first kappa shape index (κ1) is 25.8. The third kappa shape index (κ3) is 4.59. The van der Waals surface area contributed by atoms with E-state index in [1.807, 2.05) is 74.8 Å². The predicted molar refractivity (Wildman–Crippen MR) is 146 cm³/mol. The Morgan fingerprint density at radius 2 is 1.50 bits per heavy atom. The van der Waals surface area contributed by atoms with Crippen molar-refractivity contribution in [1.82, 2.24) is 9.88 Å². The lowest BCUT2D eigenvalue weighted by molar-refractivity contribution is -0.119. The number of para-hydroxylation sites is 2. The third-order valence-corrected chi connectivity index (χ3v) is 7.19. The number of carbonyl (C=O) groups excluding carboxylic acids is 1. The summed E-state index contributed by atoms with van der Waals surface area (Å²) in [4.78, 5) is 23.1. The number of anilines is 1. The fourth-order valence-electron chi connectivity index (χ4n) is 4.32. The van der Waals surface area contributed by atoms with Crippen molar-refractivity contribution >= 4 is 45.0 Å². The average molecular weight is 526 g/mol. The van der Waals surface area contributed by atoms with E-state index < -0.39 is 5.92 Å². The minimum atomic E-state index is -0.505.